The van der Waals surface area contributed by atoms with Crippen LogP contribution in [0.15, 0.2) is 24.3 Å². The van der Waals surface area contributed by atoms with Gasteiger partial charge in [-0.1, -0.05) is 12.1 Å². The molecule has 0 aromatic heterocycles. The van der Waals surface area contributed by atoms with Crippen LogP contribution in [0.1, 0.15) is 0 Å². The number of ether oxygens (including phenoxy) is 1. The molecule has 6 nitrogen and oxygen atoms in total. The summed E-state index contributed by atoms with van der Waals surface area (Å²) in [4.78, 5) is 22.9. The van der Waals surface area contributed by atoms with Gasteiger partial charge in [0.1, 0.15) is 0 Å². The van der Waals surface area contributed by atoms with Gasteiger partial charge in [0.05, 0.1) is 7.11 Å². The Hall–Kier alpha value is -0.910. The number of hydrogen-bond acceptors (Lipinski definition) is 3. The van der Waals surface area contributed by atoms with Gasteiger partial charge in [-0.2, -0.15) is 0 Å². The highest BCUT2D eigenvalue weighted by atomic mass is 31.2. The van der Waals surface area contributed by atoms with Crippen LogP contribution < -0.4 is 15.4 Å². The number of para-hydroxylation sites is 1. The molecule has 0 radical (unpaired) electrons. The second-order valence-corrected chi connectivity index (χ2v) is 3.28. The van der Waals surface area contributed by atoms with E-state index in [9.17, 15) is 0 Å². The molecule has 0 saturated carbocycles. The second kappa shape index (κ2) is 5.74. The van der Waals surface area contributed by atoms with Crippen molar-refractivity contribution in [2.75, 3.05) is 7.11 Å². The third kappa shape index (κ3) is 7.72. The van der Waals surface area contributed by atoms with Crippen LogP contribution in [-0.2, 0) is 4.57 Å². The molecule has 1 aromatic rings. The van der Waals surface area contributed by atoms with Crippen LogP contribution in [-0.4, -0.2) is 16.9 Å². The van der Waals surface area contributed by atoms with E-state index in [-0.39, 0.29) is 0 Å². The molecule has 80 valence electrons. The SMILES string of the molecule is COc1ccccc1[NH3+].O=P([O-])(O)O. The molecule has 0 atom stereocenters. The Balaban J connectivity index is 0.000000292. The lowest BCUT2D eigenvalue weighted by molar-refractivity contribution is -0.256. The number of quaternary nitrogens is 1. The minimum Gasteiger partial charge on any atom is -0.756 e. The fraction of sp³-hybridized carbons (Fsp3) is 0.143. The summed E-state index contributed by atoms with van der Waals surface area (Å²) < 4.78 is 13.8. The Morgan fingerprint density at radius 3 is 2.14 bits per heavy atom. The summed E-state index contributed by atoms with van der Waals surface area (Å²) in [5, 5.41) is 0. The summed E-state index contributed by atoms with van der Waals surface area (Å²) in [6.45, 7) is 0. The maximum Gasteiger partial charge on any atom is 0.262 e. The molecule has 0 unspecified atom stereocenters. The molecule has 0 saturated heterocycles. The van der Waals surface area contributed by atoms with Gasteiger partial charge in [0.2, 0.25) is 0 Å². The van der Waals surface area contributed by atoms with Crippen molar-refractivity contribution < 1.29 is 29.7 Å². The second-order valence-electron chi connectivity index (χ2n) is 2.30. The van der Waals surface area contributed by atoms with Gasteiger partial charge in [-0.25, -0.2) is 0 Å². The van der Waals surface area contributed by atoms with Gasteiger partial charge in [0.15, 0.2) is 11.4 Å². The Morgan fingerprint density at radius 2 is 1.86 bits per heavy atom. The van der Waals surface area contributed by atoms with E-state index in [0.717, 1.165) is 11.4 Å². The number of hydrogen-bond donors (Lipinski definition) is 3. The van der Waals surface area contributed by atoms with E-state index in [4.69, 9.17) is 24.0 Å². The molecule has 0 spiro atoms. The summed E-state index contributed by atoms with van der Waals surface area (Å²) >= 11 is 0. The van der Waals surface area contributed by atoms with E-state index in [1.165, 1.54) is 0 Å². The summed E-state index contributed by atoms with van der Waals surface area (Å²) in [6.07, 6.45) is 0. The quantitative estimate of drug-likeness (QED) is 0.526. The number of rotatable bonds is 1. The molecular formula is C7H12NO5P. The number of benzene rings is 1. The van der Waals surface area contributed by atoms with Crippen LogP contribution in [0.25, 0.3) is 0 Å². The summed E-state index contributed by atoms with van der Waals surface area (Å²) in [6, 6.07) is 7.67. The largest absolute Gasteiger partial charge is 0.756 e. The Labute approximate surface area is 81.2 Å². The molecule has 0 aliphatic rings. The van der Waals surface area contributed by atoms with Crippen LogP contribution in [0.2, 0.25) is 0 Å². The van der Waals surface area contributed by atoms with E-state index >= 15 is 0 Å². The van der Waals surface area contributed by atoms with Crippen molar-refractivity contribution in [3.05, 3.63) is 24.3 Å². The number of phosphoric acid groups is 1. The molecule has 7 heteroatoms. The fourth-order valence-electron chi connectivity index (χ4n) is 0.703. The summed E-state index contributed by atoms with van der Waals surface area (Å²) in [5.41, 5.74) is 4.70. The monoisotopic (exact) mass is 221 g/mol. The predicted octanol–water partition coefficient (Wildman–Crippen LogP) is -0.992. The fourth-order valence-corrected chi connectivity index (χ4v) is 0.703. The van der Waals surface area contributed by atoms with Crippen LogP contribution in [0.3, 0.4) is 0 Å². The normalized spacial score (nSPS) is 10.1. The average Bonchev–Trinajstić information content (AvgIpc) is 2.02. The lowest BCUT2D eigenvalue weighted by atomic mass is 10.3. The standard InChI is InChI=1S/C7H9NO.H3O4P/c1-9-7-5-3-2-4-6(7)8;1-5(2,3)4/h2-5H,8H2,1H3;(H3,1,2,3,4). The van der Waals surface area contributed by atoms with Crippen LogP contribution in [0.4, 0.5) is 5.69 Å². The van der Waals surface area contributed by atoms with Crippen LogP contribution in [0.5, 0.6) is 5.75 Å². The van der Waals surface area contributed by atoms with Crippen molar-refractivity contribution in [3.63, 3.8) is 0 Å². The lowest BCUT2D eigenvalue weighted by Gasteiger charge is -2.01. The first-order chi connectivity index (χ1) is 6.34. The third-order valence-corrected chi connectivity index (χ3v) is 1.19. The van der Waals surface area contributed by atoms with Gasteiger partial charge in [-0.05, 0) is 6.07 Å². The first-order valence-corrected chi connectivity index (χ1v) is 5.09. The van der Waals surface area contributed by atoms with Gasteiger partial charge < -0.3 is 25.2 Å². The Morgan fingerprint density at radius 1 is 1.43 bits per heavy atom. The number of methoxy groups -OCH3 is 1. The topological polar surface area (TPSA) is 117 Å². The Bertz CT molecular complexity index is 315. The average molecular weight is 221 g/mol. The van der Waals surface area contributed by atoms with E-state index in [1.807, 2.05) is 24.3 Å². The molecule has 0 amide bonds. The predicted molar refractivity (Wildman–Crippen MR) is 47.6 cm³/mol. The molecule has 14 heavy (non-hydrogen) atoms. The zero-order valence-corrected chi connectivity index (χ0v) is 8.48. The molecular weight excluding hydrogens is 209 g/mol. The maximum atomic E-state index is 8.77. The molecule has 0 heterocycles. The van der Waals surface area contributed by atoms with E-state index < -0.39 is 7.82 Å². The first kappa shape index (κ1) is 13.1. The van der Waals surface area contributed by atoms with Crippen molar-refractivity contribution in [1.82, 2.24) is 0 Å². The van der Waals surface area contributed by atoms with E-state index in [1.54, 1.807) is 7.11 Å². The molecule has 1 aromatic carbocycles. The van der Waals surface area contributed by atoms with Gasteiger partial charge in [-0.15, -0.1) is 0 Å². The van der Waals surface area contributed by atoms with E-state index in [2.05, 4.69) is 5.73 Å². The highest BCUT2D eigenvalue weighted by Crippen LogP contribution is 2.19. The van der Waals surface area contributed by atoms with Gasteiger partial charge in [0, 0.05) is 6.07 Å². The van der Waals surface area contributed by atoms with E-state index in [0.29, 0.717) is 0 Å². The smallest absolute Gasteiger partial charge is 0.262 e. The third-order valence-electron chi connectivity index (χ3n) is 1.19. The highest BCUT2D eigenvalue weighted by molar-refractivity contribution is 7.43. The maximum absolute atomic E-state index is 8.77. The molecule has 5 N–H and O–H groups in total. The van der Waals surface area contributed by atoms with Crippen molar-refractivity contribution in [3.8, 4) is 5.75 Å². The highest BCUT2D eigenvalue weighted by Gasteiger charge is 1.96. The van der Waals surface area contributed by atoms with Crippen molar-refractivity contribution in [1.29, 1.82) is 0 Å². The molecule has 0 aliphatic carbocycles. The van der Waals surface area contributed by atoms with Crippen molar-refractivity contribution in [2.45, 2.75) is 0 Å². The first-order valence-electron chi connectivity index (χ1n) is 3.56. The molecule has 1 rings (SSSR count). The molecule has 0 aliphatic heterocycles. The zero-order valence-electron chi connectivity index (χ0n) is 7.58. The molecule has 0 bridgehead atoms. The van der Waals surface area contributed by atoms with Gasteiger partial charge in [-0.3, -0.25) is 4.57 Å². The van der Waals surface area contributed by atoms with Gasteiger partial charge in [0.25, 0.3) is 7.82 Å². The zero-order chi connectivity index (χ0) is 11.2. The van der Waals surface area contributed by atoms with Gasteiger partial charge >= 0.3 is 0 Å². The van der Waals surface area contributed by atoms with Crippen LogP contribution in [0, 0.1) is 0 Å². The Kier molecular flexibility index (Phi) is 5.37. The summed E-state index contributed by atoms with van der Waals surface area (Å²) in [5.74, 6) is 0.845. The van der Waals surface area contributed by atoms with Crippen molar-refractivity contribution in [2.24, 2.45) is 0 Å². The lowest BCUT2D eigenvalue weighted by Crippen LogP contribution is -2.40. The minimum atomic E-state index is -4.89. The van der Waals surface area contributed by atoms with Crippen LogP contribution >= 0.6 is 7.82 Å². The van der Waals surface area contributed by atoms with Crippen molar-refractivity contribution >= 4 is 13.5 Å². The molecule has 0 fully saturated rings. The summed E-state index contributed by atoms with van der Waals surface area (Å²) in [7, 11) is -3.25. The minimum absolute atomic E-state index is 0.845.